The Morgan fingerprint density at radius 1 is 1.33 bits per heavy atom. The van der Waals surface area contributed by atoms with Gasteiger partial charge in [-0.3, -0.25) is 4.79 Å². The molecule has 0 aliphatic carbocycles. The van der Waals surface area contributed by atoms with E-state index in [1.165, 1.54) is 18.3 Å². The molecule has 21 heavy (non-hydrogen) atoms. The molecule has 1 aromatic carbocycles. The van der Waals surface area contributed by atoms with Gasteiger partial charge in [0.15, 0.2) is 6.04 Å². The molecule has 2 heterocycles. The normalized spacial score (nSPS) is 18.7. The molecule has 1 fully saturated rings. The number of benzene rings is 1. The van der Waals surface area contributed by atoms with Crippen molar-refractivity contribution in [2.75, 3.05) is 26.9 Å². The lowest BCUT2D eigenvalue weighted by atomic mass is 10.1. The lowest BCUT2D eigenvalue weighted by Gasteiger charge is -2.33. The maximum Gasteiger partial charge on any atom is 0.331 e. The van der Waals surface area contributed by atoms with Crippen molar-refractivity contribution in [3.8, 4) is 0 Å². The maximum absolute atomic E-state index is 12.7. The Morgan fingerprint density at radius 2 is 2.14 bits per heavy atom. The van der Waals surface area contributed by atoms with E-state index in [0.717, 1.165) is 5.39 Å². The maximum atomic E-state index is 12.7. The van der Waals surface area contributed by atoms with Crippen LogP contribution in [-0.4, -0.2) is 49.7 Å². The monoisotopic (exact) mass is 289 g/mol. The van der Waals surface area contributed by atoms with Gasteiger partial charge in [-0.15, -0.1) is 0 Å². The Balaban J connectivity index is 1.94. The molecule has 0 saturated carbocycles. The smallest absolute Gasteiger partial charge is 0.331 e. The molecular weight excluding hydrogens is 274 g/mol. The van der Waals surface area contributed by atoms with E-state index in [2.05, 4.69) is 0 Å². The molecule has 3 rings (SSSR count). The van der Waals surface area contributed by atoms with Crippen molar-refractivity contribution in [1.29, 1.82) is 0 Å². The summed E-state index contributed by atoms with van der Waals surface area (Å²) >= 11 is 0. The number of rotatable bonds is 2. The van der Waals surface area contributed by atoms with Gasteiger partial charge in [-0.1, -0.05) is 18.2 Å². The molecule has 0 N–H and O–H groups in total. The zero-order valence-corrected chi connectivity index (χ0v) is 11.6. The molecule has 1 aliphatic heterocycles. The Morgan fingerprint density at radius 3 is 2.95 bits per heavy atom. The first kappa shape index (κ1) is 13.6. The summed E-state index contributed by atoms with van der Waals surface area (Å²) in [5.74, 6) is -0.727. The van der Waals surface area contributed by atoms with Gasteiger partial charge in [0.2, 0.25) is 0 Å². The first-order valence-electron chi connectivity index (χ1n) is 6.65. The van der Waals surface area contributed by atoms with E-state index in [4.69, 9.17) is 13.9 Å². The second kappa shape index (κ2) is 5.57. The molecule has 1 saturated heterocycles. The summed E-state index contributed by atoms with van der Waals surface area (Å²) in [7, 11) is 1.30. The van der Waals surface area contributed by atoms with Crippen LogP contribution in [0.1, 0.15) is 10.4 Å². The van der Waals surface area contributed by atoms with Gasteiger partial charge >= 0.3 is 5.97 Å². The third-order valence-corrected chi connectivity index (χ3v) is 3.57. The third-order valence-electron chi connectivity index (χ3n) is 3.57. The molecule has 0 radical (unpaired) electrons. The molecular formula is C15H15NO5. The van der Waals surface area contributed by atoms with E-state index in [1.54, 1.807) is 6.07 Å². The van der Waals surface area contributed by atoms with Crippen LogP contribution in [0, 0.1) is 0 Å². The van der Waals surface area contributed by atoms with E-state index >= 15 is 0 Å². The fourth-order valence-corrected chi connectivity index (χ4v) is 2.48. The van der Waals surface area contributed by atoms with Crippen LogP contribution in [0.3, 0.4) is 0 Å². The number of para-hydroxylation sites is 1. The minimum atomic E-state index is -0.718. The highest BCUT2D eigenvalue weighted by molar-refractivity contribution is 6.07. The molecule has 6 heteroatoms. The quantitative estimate of drug-likeness (QED) is 0.783. The van der Waals surface area contributed by atoms with Crippen LogP contribution in [0.2, 0.25) is 0 Å². The fraction of sp³-hybridized carbons (Fsp3) is 0.333. The Labute approximate surface area is 121 Å². The zero-order valence-electron chi connectivity index (χ0n) is 11.6. The molecule has 110 valence electrons. The Kier molecular flexibility index (Phi) is 3.62. The number of fused-ring (bicyclic) bond motifs is 1. The summed E-state index contributed by atoms with van der Waals surface area (Å²) in [4.78, 5) is 26.0. The van der Waals surface area contributed by atoms with Crippen LogP contribution in [0.5, 0.6) is 0 Å². The molecule has 1 aliphatic rings. The van der Waals surface area contributed by atoms with Crippen molar-refractivity contribution in [2.45, 2.75) is 6.04 Å². The summed E-state index contributed by atoms with van der Waals surface area (Å²) in [5, 5.41) is 0.734. The van der Waals surface area contributed by atoms with Gasteiger partial charge in [0, 0.05) is 11.9 Å². The third kappa shape index (κ3) is 2.38. The van der Waals surface area contributed by atoms with Crippen molar-refractivity contribution >= 4 is 22.8 Å². The summed E-state index contributed by atoms with van der Waals surface area (Å²) in [6.07, 6.45) is 1.43. The number of morpholine rings is 1. The molecule has 1 unspecified atom stereocenters. The standard InChI is InChI=1S/C15H15NO5/c1-19-15(18)12-9-20-7-6-16(12)14(17)11-8-21-13-5-3-2-4-10(11)13/h2-5,8,12H,6-7,9H2,1H3. The highest BCUT2D eigenvalue weighted by Gasteiger charge is 2.35. The second-order valence-electron chi connectivity index (χ2n) is 4.76. The predicted octanol–water partition coefficient (Wildman–Crippen LogP) is 1.45. The van der Waals surface area contributed by atoms with Crippen molar-refractivity contribution in [3.05, 3.63) is 36.1 Å². The van der Waals surface area contributed by atoms with Crippen LogP contribution in [0.25, 0.3) is 11.0 Å². The number of nitrogens with zero attached hydrogens (tertiary/aromatic N) is 1. The highest BCUT2D eigenvalue weighted by Crippen LogP contribution is 2.23. The minimum Gasteiger partial charge on any atom is -0.467 e. The molecule has 1 aromatic heterocycles. The summed E-state index contributed by atoms with van der Waals surface area (Å²) in [5.41, 5.74) is 1.09. The summed E-state index contributed by atoms with van der Waals surface area (Å²) in [6, 6.07) is 6.57. The van der Waals surface area contributed by atoms with E-state index < -0.39 is 12.0 Å². The number of amides is 1. The van der Waals surface area contributed by atoms with Crippen molar-refractivity contribution in [3.63, 3.8) is 0 Å². The highest BCUT2D eigenvalue weighted by atomic mass is 16.5. The average molecular weight is 289 g/mol. The number of carbonyl (C=O) groups excluding carboxylic acids is 2. The lowest BCUT2D eigenvalue weighted by molar-refractivity contribution is -0.151. The number of ether oxygens (including phenoxy) is 2. The second-order valence-corrected chi connectivity index (χ2v) is 4.76. The van der Waals surface area contributed by atoms with Crippen molar-refractivity contribution < 1.29 is 23.5 Å². The van der Waals surface area contributed by atoms with Crippen molar-refractivity contribution in [1.82, 2.24) is 4.90 Å². The zero-order chi connectivity index (χ0) is 14.8. The molecule has 1 amide bonds. The van der Waals surface area contributed by atoms with Crippen LogP contribution in [-0.2, 0) is 14.3 Å². The van der Waals surface area contributed by atoms with E-state index in [1.807, 2.05) is 18.2 Å². The van der Waals surface area contributed by atoms with Gasteiger partial charge in [-0.05, 0) is 6.07 Å². The number of carbonyl (C=O) groups is 2. The molecule has 2 aromatic rings. The first-order chi connectivity index (χ1) is 10.2. The van der Waals surface area contributed by atoms with E-state index in [0.29, 0.717) is 24.3 Å². The molecule has 0 bridgehead atoms. The Hall–Kier alpha value is -2.34. The number of furan rings is 1. The average Bonchev–Trinajstić information content (AvgIpc) is 2.97. The summed E-state index contributed by atoms with van der Waals surface area (Å²) in [6.45, 7) is 0.890. The predicted molar refractivity (Wildman–Crippen MR) is 73.9 cm³/mol. The SMILES string of the molecule is COC(=O)C1COCCN1C(=O)c1coc2ccccc12. The lowest BCUT2D eigenvalue weighted by Crippen LogP contribution is -2.53. The number of hydrogen-bond acceptors (Lipinski definition) is 5. The van der Waals surface area contributed by atoms with Crippen LogP contribution in [0.15, 0.2) is 34.9 Å². The molecule has 1 atom stereocenters. The number of hydrogen-bond donors (Lipinski definition) is 0. The van der Waals surface area contributed by atoms with Gasteiger partial charge < -0.3 is 18.8 Å². The Bertz CT molecular complexity index is 678. The summed E-state index contributed by atoms with van der Waals surface area (Å²) < 4.78 is 15.4. The number of esters is 1. The number of methoxy groups -OCH3 is 1. The van der Waals surface area contributed by atoms with Gasteiger partial charge in [0.25, 0.3) is 5.91 Å². The van der Waals surface area contributed by atoms with Gasteiger partial charge in [-0.2, -0.15) is 0 Å². The van der Waals surface area contributed by atoms with E-state index in [9.17, 15) is 9.59 Å². The van der Waals surface area contributed by atoms with Gasteiger partial charge in [-0.25, -0.2) is 4.79 Å². The van der Waals surface area contributed by atoms with E-state index in [-0.39, 0.29) is 12.5 Å². The molecule has 0 spiro atoms. The van der Waals surface area contributed by atoms with Gasteiger partial charge in [0.1, 0.15) is 11.8 Å². The van der Waals surface area contributed by atoms with Gasteiger partial charge in [0.05, 0.1) is 25.9 Å². The topological polar surface area (TPSA) is 69.0 Å². The first-order valence-corrected chi connectivity index (χ1v) is 6.65. The van der Waals surface area contributed by atoms with Crippen molar-refractivity contribution in [2.24, 2.45) is 0 Å². The largest absolute Gasteiger partial charge is 0.467 e. The van der Waals surface area contributed by atoms with Crippen LogP contribution >= 0.6 is 0 Å². The van der Waals surface area contributed by atoms with Crippen LogP contribution in [0.4, 0.5) is 0 Å². The molecule has 6 nitrogen and oxygen atoms in total. The van der Waals surface area contributed by atoms with Crippen LogP contribution < -0.4 is 0 Å². The minimum absolute atomic E-state index is 0.147. The fourth-order valence-electron chi connectivity index (χ4n) is 2.48.